The van der Waals surface area contributed by atoms with Crippen LogP contribution in [0.4, 0.5) is 0 Å². The van der Waals surface area contributed by atoms with Crippen molar-refractivity contribution in [2.75, 3.05) is 13.1 Å². The van der Waals surface area contributed by atoms with Gasteiger partial charge in [-0.25, -0.2) is 4.68 Å². The Morgan fingerprint density at radius 2 is 1.65 bits per heavy atom. The van der Waals surface area contributed by atoms with Crippen LogP contribution in [-0.4, -0.2) is 32.3 Å². The third-order valence-electron chi connectivity index (χ3n) is 5.93. The summed E-state index contributed by atoms with van der Waals surface area (Å²) in [5.41, 5.74) is 0.365. The highest BCUT2D eigenvalue weighted by molar-refractivity contribution is 5.17. The Labute approximate surface area is 153 Å². The quantitative estimate of drug-likeness (QED) is 0.790. The van der Waals surface area contributed by atoms with Crippen molar-refractivity contribution in [3.63, 3.8) is 0 Å². The van der Waals surface area contributed by atoms with E-state index in [0.29, 0.717) is 6.54 Å². The molecule has 1 spiro atoms. The van der Waals surface area contributed by atoms with E-state index in [-0.39, 0.29) is 11.5 Å². The molecule has 0 amide bonds. The van der Waals surface area contributed by atoms with Crippen molar-refractivity contribution in [3.05, 3.63) is 62.4 Å². The molecule has 2 aliphatic rings. The highest BCUT2D eigenvalue weighted by atomic mass is 16.2. The molecule has 0 bridgehead atoms. The van der Waals surface area contributed by atoms with Crippen molar-refractivity contribution < 1.29 is 0 Å². The molecule has 0 N–H and O–H groups in total. The Morgan fingerprint density at radius 1 is 1.00 bits per heavy atom. The van der Waals surface area contributed by atoms with E-state index >= 15 is 0 Å². The average Bonchev–Trinajstić information content (AvgIpc) is 2.99. The number of hydrogen-bond donors (Lipinski definition) is 0. The van der Waals surface area contributed by atoms with E-state index in [1.54, 1.807) is 4.57 Å². The number of benzene rings is 1. The summed E-state index contributed by atoms with van der Waals surface area (Å²) >= 11 is 0. The van der Waals surface area contributed by atoms with Crippen molar-refractivity contribution in [1.29, 1.82) is 0 Å². The van der Waals surface area contributed by atoms with Gasteiger partial charge in [-0.3, -0.25) is 19.1 Å². The molecule has 0 atom stereocenters. The molecule has 6 heteroatoms. The van der Waals surface area contributed by atoms with Gasteiger partial charge in [-0.1, -0.05) is 30.3 Å². The molecule has 0 radical (unpaired) electrons. The van der Waals surface area contributed by atoms with E-state index in [2.05, 4.69) is 34.3 Å². The highest BCUT2D eigenvalue weighted by Crippen LogP contribution is 2.41. The zero-order chi connectivity index (χ0) is 18.3. The lowest BCUT2D eigenvalue weighted by atomic mass is 9.76. The van der Waals surface area contributed by atoms with Crippen LogP contribution in [0, 0.1) is 0 Å². The van der Waals surface area contributed by atoms with Gasteiger partial charge in [0.1, 0.15) is 5.82 Å². The third-order valence-corrected chi connectivity index (χ3v) is 5.93. The number of nitrogens with zero attached hydrogens (tertiary/aromatic N) is 4. The van der Waals surface area contributed by atoms with Crippen LogP contribution in [0.5, 0.6) is 0 Å². The molecule has 138 valence electrons. The summed E-state index contributed by atoms with van der Waals surface area (Å²) in [6.45, 7) is 7.36. The van der Waals surface area contributed by atoms with E-state index in [0.717, 1.165) is 44.7 Å². The van der Waals surface area contributed by atoms with Crippen LogP contribution >= 0.6 is 0 Å². The zero-order valence-electron chi connectivity index (χ0n) is 15.5. The SMILES string of the molecule is CC(C)n1nc2n(c(=O)c1=O)CCC21CCN(Cc2ccccc2)CC1. The predicted octanol–water partition coefficient (Wildman–Crippen LogP) is 1.92. The maximum atomic E-state index is 12.5. The topological polar surface area (TPSA) is 60.1 Å². The summed E-state index contributed by atoms with van der Waals surface area (Å²) in [6.07, 6.45) is 2.89. The second kappa shape index (κ2) is 6.50. The standard InChI is InChI=1S/C20H26N4O2/c1-15(2)24-18(26)17(25)23-13-10-20(19(23)21-24)8-11-22(12-9-20)14-16-6-4-3-5-7-16/h3-7,15H,8-14H2,1-2H3. The van der Waals surface area contributed by atoms with E-state index in [4.69, 9.17) is 0 Å². The summed E-state index contributed by atoms with van der Waals surface area (Å²) in [6, 6.07) is 10.4. The minimum atomic E-state index is -0.498. The van der Waals surface area contributed by atoms with Crippen LogP contribution in [0.3, 0.4) is 0 Å². The number of fused-ring (bicyclic) bond motifs is 2. The van der Waals surface area contributed by atoms with Crippen molar-refractivity contribution >= 4 is 0 Å². The molecule has 0 unspecified atom stereocenters. The lowest BCUT2D eigenvalue weighted by molar-refractivity contribution is 0.148. The van der Waals surface area contributed by atoms with Gasteiger partial charge in [-0.2, -0.15) is 5.10 Å². The van der Waals surface area contributed by atoms with Crippen molar-refractivity contribution in [3.8, 4) is 0 Å². The van der Waals surface area contributed by atoms with Crippen molar-refractivity contribution in [2.45, 2.75) is 57.7 Å². The fourth-order valence-electron chi connectivity index (χ4n) is 4.35. The van der Waals surface area contributed by atoms with Gasteiger partial charge in [0.25, 0.3) is 0 Å². The zero-order valence-corrected chi connectivity index (χ0v) is 15.5. The van der Waals surface area contributed by atoms with Gasteiger partial charge in [-0.05, 0) is 51.8 Å². The molecule has 3 heterocycles. The van der Waals surface area contributed by atoms with Gasteiger partial charge in [0.2, 0.25) is 0 Å². The number of hydrogen-bond acceptors (Lipinski definition) is 4. The predicted molar refractivity (Wildman–Crippen MR) is 100 cm³/mol. The summed E-state index contributed by atoms with van der Waals surface area (Å²) in [7, 11) is 0. The molecule has 1 saturated heterocycles. The maximum Gasteiger partial charge on any atom is 0.332 e. The number of aromatic nitrogens is 3. The summed E-state index contributed by atoms with van der Waals surface area (Å²) < 4.78 is 3.01. The van der Waals surface area contributed by atoms with Crippen molar-refractivity contribution in [2.24, 2.45) is 0 Å². The first kappa shape index (κ1) is 17.2. The molecule has 0 saturated carbocycles. The summed E-state index contributed by atoms with van der Waals surface area (Å²) in [5, 5.41) is 4.65. The van der Waals surface area contributed by atoms with Gasteiger partial charge in [0.05, 0.1) is 6.04 Å². The van der Waals surface area contributed by atoms with Crippen LogP contribution in [-0.2, 0) is 18.5 Å². The molecule has 26 heavy (non-hydrogen) atoms. The fraction of sp³-hybridized carbons (Fsp3) is 0.550. The van der Waals surface area contributed by atoms with E-state index in [1.165, 1.54) is 10.2 Å². The smallest absolute Gasteiger partial charge is 0.299 e. The average molecular weight is 354 g/mol. The van der Waals surface area contributed by atoms with Crippen LogP contribution in [0.2, 0.25) is 0 Å². The van der Waals surface area contributed by atoms with Crippen LogP contribution in [0.1, 0.15) is 50.5 Å². The molecular weight excluding hydrogens is 328 g/mol. The second-order valence-corrected chi connectivity index (χ2v) is 7.92. The normalized spacial score (nSPS) is 19.2. The molecule has 1 aromatic carbocycles. The van der Waals surface area contributed by atoms with Gasteiger partial charge in [0, 0.05) is 18.5 Å². The van der Waals surface area contributed by atoms with Crippen molar-refractivity contribution in [1.82, 2.24) is 19.2 Å². The first-order valence-corrected chi connectivity index (χ1v) is 9.51. The first-order valence-electron chi connectivity index (χ1n) is 9.51. The minimum absolute atomic E-state index is 0.0588. The van der Waals surface area contributed by atoms with E-state index in [1.807, 2.05) is 19.9 Å². The van der Waals surface area contributed by atoms with Crippen LogP contribution in [0.15, 0.2) is 39.9 Å². The first-order chi connectivity index (χ1) is 12.5. The van der Waals surface area contributed by atoms with Gasteiger partial charge in [0.15, 0.2) is 0 Å². The molecule has 2 aliphatic heterocycles. The van der Waals surface area contributed by atoms with Crippen LogP contribution in [0.25, 0.3) is 0 Å². The van der Waals surface area contributed by atoms with E-state index < -0.39 is 11.1 Å². The number of piperidine rings is 1. The van der Waals surface area contributed by atoms with Crippen LogP contribution < -0.4 is 11.1 Å². The Bertz CT molecular complexity index is 906. The van der Waals surface area contributed by atoms with Gasteiger partial charge in [-0.15, -0.1) is 0 Å². The number of likely N-dealkylation sites (tertiary alicyclic amines) is 1. The largest absolute Gasteiger partial charge is 0.332 e. The van der Waals surface area contributed by atoms with Gasteiger partial charge < -0.3 is 0 Å². The molecule has 4 rings (SSSR count). The molecule has 1 aromatic heterocycles. The highest BCUT2D eigenvalue weighted by Gasteiger charge is 2.44. The lowest BCUT2D eigenvalue weighted by Crippen LogP contribution is -2.47. The summed E-state index contributed by atoms with van der Waals surface area (Å²) in [5.74, 6) is 0.829. The Morgan fingerprint density at radius 3 is 2.31 bits per heavy atom. The molecule has 1 fully saturated rings. The Kier molecular flexibility index (Phi) is 4.31. The second-order valence-electron chi connectivity index (χ2n) is 7.92. The Balaban J connectivity index is 1.58. The monoisotopic (exact) mass is 354 g/mol. The molecule has 6 nitrogen and oxygen atoms in total. The molecule has 2 aromatic rings. The molecule has 0 aliphatic carbocycles. The minimum Gasteiger partial charge on any atom is -0.299 e. The third kappa shape index (κ3) is 2.82. The number of rotatable bonds is 3. The maximum absolute atomic E-state index is 12.5. The lowest BCUT2D eigenvalue weighted by Gasteiger charge is -2.38. The van der Waals surface area contributed by atoms with Gasteiger partial charge >= 0.3 is 11.1 Å². The summed E-state index contributed by atoms with van der Waals surface area (Å²) in [4.78, 5) is 27.2. The Hall–Kier alpha value is -2.21. The fourth-order valence-corrected chi connectivity index (χ4v) is 4.35. The van der Waals surface area contributed by atoms with E-state index in [9.17, 15) is 9.59 Å². The molecular formula is C20H26N4O2.